The van der Waals surface area contributed by atoms with E-state index in [1.807, 2.05) is 0 Å². The van der Waals surface area contributed by atoms with Crippen LogP contribution in [0.4, 0.5) is 42.0 Å². The van der Waals surface area contributed by atoms with Crippen LogP contribution < -0.4 is 31.3 Å². The quantitative estimate of drug-likeness (QED) is 0.169. The van der Waals surface area contributed by atoms with Gasteiger partial charge in [0.15, 0.2) is 0 Å². The Balaban J connectivity index is 1.07. The first-order valence-electron chi connectivity index (χ1n) is 18.1. The first-order chi connectivity index (χ1) is 25.3. The molecule has 8 rings (SSSR count). The largest absolute Gasteiger partial charge is 0.494 e. The molecule has 0 radical (unpaired) electrons. The Bertz CT molecular complexity index is 1910. The van der Waals surface area contributed by atoms with E-state index in [0.29, 0.717) is 52.7 Å². The lowest BCUT2D eigenvalue weighted by Crippen LogP contribution is -2.61. The van der Waals surface area contributed by atoms with E-state index in [2.05, 4.69) is 41.5 Å². The van der Waals surface area contributed by atoms with E-state index in [-0.39, 0.29) is 35.1 Å². The van der Waals surface area contributed by atoms with E-state index in [1.165, 1.54) is 20.2 Å². The first-order valence-corrected chi connectivity index (χ1v) is 18.1. The van der Waals surface area contributed by atoms with Crippen LogP contribution >= 0.6 is 0 Å². The summed E-state index contributed by atoms with van der Waals surface area (Å²) < 4.78 is 47.9. The van der Waals surface area contributed by atoms with E-state index < -0.39 is 28.9 Å². The highest BCUT2D eigenvalue weighted by Crippen LogP contribution is 2.61. The van der Waals surface area contributed by atoms with Crippen molar-refractivity contribution >= 4 is 46.5 Å². The summed E-state index contributed by atoms with van der Waals surface area (Å²) in [7, 11) is 2.89. The summed E-state index contributed by atoms with van der Waals surface area (Å²) in [5.74, 6) is 0.587. The van der Waals surface area contributed by atoms with Crippen LogP contribution in [0.5, 0.6) is 5.75 Å². The van der Waals surface area contributed by atoms with Crippen LogP contribution in [0.2, 0.25) is 0 Å². The van der Waals surface area contributed by atoms with E-state index >= 15 is 0 Å². The van der Waals surface area contributed by atoms with Gasteiger partial charge in [-0.2, -0.15) is 18.2 Å². The highest BCUT2D eigenvalue weighted by molar-refractivity contribution is 6.01. The van der Waals surface area contributed by atoms with Crippen molar-refractivity contribution in [3.05, 3.63) is 59.3 Å². The third-order valence-electron chi connectivity index (χ3n) is 11.5. The maximum atomic E-state index is 14.1. The highest BCUT2D eigenvalue weighted by Gasteiger charge is 2.59. The summed E-state index contributed by atoms with van der Waals surface area (Å²) in [5.41, 5.74) is 0.248. The normalized spacial score (nSPS) is 26.2. The van der Waals surface area contributed by atoms with E-state index in [4.69, 9.17) is 4.74 Å². The fourth-order valence-electron chi connectivity index (χ4n) is 9.61. The van der Waals surface area contributed by atoms with Crippen LogP contribution in [-0.2, 0) is 15.8 Å². The van der Waals surface area contributed by atoms with Crippen molar-refractivity contribution < 1.29 is 32.3 Å². The van der Waals surface area contributed by atoms with Crippen LogP contribution in [0.25, 0.3) is 0 Å². The molecule has 5 aliphatic rings. The Morgan fingerprint density at radius 1 is 1.04 bits per heavy atom. The minimum atomic E-state index is -4.78. The number of carbonyl (C=O) groups excluding carboxylic acids is 3. The zero-order valence-electron chi connectivity index (χ0n) is 30.2. The molecule has 3 aromatic rings. The number of amides is 3. The van der Waals surface area contributed by atoms with Crippen molar-refractivity contribution in [3.8, 4) is 5.75 Å². The molecule has 12 nitrogen and oxygen atoms in total. The number of para-hydroxylation sites is 1. The van der Waals surface area contributed by atoms with Crippen molar-refractivity contribution in [2.75, 3.05) is 43.2 Å². The number of nitrogens with one attached hydrogen (secondary N) is 5. The molecule has 1 saturated heterocycles. The number of aromatic nitrogens is 2. The van der Waals surface area contributed by atoms with Crippen LogP contribution in [0.15, 0.2) is 42.6 Å². The number of likely N-dealkylation sites (tertiary alicyclic amines) is 1. The molecule has 4 saturated carbocycles. The molecule has 5 N–H and O–H groups in total. The summed E-state index contributed by atoms with van der Waals surface area (Å²) in [6.07, 6.45) is 1.66. The number of halogens is 3. The van der Waals surface area contributed by atoms with Gasteiger partial charge in [-0.3, -0.25) is 19.3 Å². The van der Waals surface area contributed by atoms with Crippen molar-refractivity contribution in [1.29, 1.82) is 0 Å². The van der Waals surface area contributed by atoms with Gasteiger partial charge >= 0.3 is 6.18 Å². The Kier molecular flexibility index (Phi) is 9.72. The second kappa shape index (κ2) is 14.1. The van der Waals surface area contributed by atoms with Crippen LogP contribution in [0, 0.1) is 30.1 Å². The standard InChI is InChI=1S/C38H45F3N8O4/c1-20-6-5-7-27(34(51)42-3)31(20)47-33-28(38(39,40)41)18-43-36(48-33)46-29-9-8-25(14-30(29)53-4)45-35(52)37-15-22-12-23(16-37)32(24(13-22)17-37)49-11-10-26(19-49)44-21(2)50/h5-9,14,18,22-24,26,32H,10-13,15-17,19H2,1-4H3,(H,42,51)(H,44,50)(H,45,52)(H2,43,46,47,48). The number of hydrogen-bond acceptors (Lipinski definition) is 9. The number of carbonyl (C=O) groups is 3. The summed E-state index contributed by atoms with van der Waals surface area (Å²) in [6.45, 7) is 5.07. The minimum Gasteiger partial charge on any atom is -0.494 e. The number of benzene rings is 2. The van der Waals surface area contributed by atoms with Crippen molar-refractivity contribution in [1.82, 2.24) is 25.5 Å². The van der Waals surface area contributed by atoms with Gasteiger partial charge in [-0.05, 0) is 87.0 Å². The van der Waals surface area contributed by atoms with E-state index in [1.54, 1.807) is 44.2 Å². The first kappa shape index (κ1) is 36.4. The number of alkyl halides is 3. The molecule has 4 aliphatic carbocycles. The van der Waals surface area contributed by atoms with E-state index in [0.717, 1.165) is 51.6 Å². The number of aryl methyl sites for hydroxylation is 1. The zero-order valence-corrected chi connectivity index (χ0v) is 30.2. The van der Waals surface area contributed by atoms with Gasteiger partial charge in [-0.25, -0.2) is 4.98 Å². The van der Waals surface area contributed by atoms with Gasteiger partial charge in [0.25, 0.3) is 5.91 Å². The van der Waals surface area contributed by atoms with Gasteiger partial charge in [0.05, 0.1) is 29.5 Å². The molecule has 1 aromatic heterocycles. The average Bonchev–Trinajstić information content (AvgIpc) is 3.55. The number of hydrogen-bond donors (Lipinski definition) is 5. The number of methoxy groups -OCH3 is 1. The van der Waals surface area contributed by atoms with Crippen LogP contribution in [-0.4, -0.2) is 71.9 Å². The Morgan fingerprint density at radius 2 is 1.79 bits per heavy atom. The zero-order chi connectivity index (χ0) is 37.7. The Morgan fingerprint density at radius 3 is 2.47 bits per heavy atom. The Labute approximate surface area is 306 Å². The molecule has 3 unspecified atom stereocenters. The molecule has 3 atom stereocenters. The molecular weight excluding hydrogens is 689 g/mol. The third-order valence-corrected chi connectivity index (χ3v) is 11.5. The molecule has 5 fully saturated rings. The van der Waals surface area contributed by atoms with Gasteiger partial charge in [-0.1, -0.05) is 12.1 Å². The monoisotopic (exact) mass is 734 g/mol. The number of rotatable bonds is 10. The topological polar surface area (TPSA) is 150 Å². The van der Waals surface area contributed by atoms with Crippen LogP contribution in [0.1, 0.15) is 66.9 Å². The highest BCUT2D eigenvalue weighted by atomic mass is 19.4. The molecule has 1 aliphatic heterocycles. The van der Waals surface area contributed by atoms with Crippen molar-refractivity contribution in [2.45, 2.75) is 70.6 Å². The maximum Gasteiger partial charge on any atom is 0.421 e. The van der Waals surface area contributed by atoms with E-state index in [9.17, 15) is 27.6 Å². The molecule has 2 aromatic carbocycles. The van der Waals surface area contributed by atoms with Crippen molar-refractivity contribution in [3.63, 3.8) is 0 Å². The van der Waals surface area contributed by atoms with Crippen LogP contribution in [0.3, 0.4) is 0 Å². The molecule has 0 spiro atoms. The average molecular weight is 735 g/mol. The van der Waals surface area contributed by atoms with Crippen molar-refractivity contribution in [2.24, 2.45) is 23.2 Å². The summed E-state index contributed by atoms with van der Waals surface area (Å²) >= 11 is 0. The predicted octanol–water partition coefficient (Wildman–Crippen LogP) is 6.00. The molecule has 15 heteroatoms. The Hall–Kier alpha value is -4.92. The predicted molar refractivity (Wildman–Crippen MR) is 193 cm³/mol. The summed E-state index contributed by atoms with van der Waals surface area (Å²) in [6, 6.07) is 10.5. The molecular formula is C38H45F3N8O4. The number of anilines is 5. The molecule has 4 bridgehead atoms. The molecule has 2 heterocycles. The number of ether oxygens (including phenoxy) is 1. The minimum absolute atomic E-state index is 0.00442. The second-order valence-corrected chi connectivity index (χ2v) is 15.1. The van der Waals surface area contributed by atoms with Gasteiger partial charge in [0, 0.05) is 57.1 Å². The molecule has 3 amide bonds. The van der Waals surface area contributed by atoms with Gasteiger partial charge in [-0.15, -0.1) is 0 Å². The lowest BCUT2D eigenvalue weighted by molar-refractivity contribution is -0.150. The molecule has 282 valence electrons. The second-order valence-electron chi connectivity index (χ2n) is 15.1. The summed E-state index contributed by atoms with van der Waals surface area (Å²) in [4.78, 5) is 48.9. The fourth-order valence-corrected chi connectivity index (χ4v) is 9.61. The third kappa shape index (κ3) is 7.22. The molecule has 53 heavy (non-hydrogen) atoms. The SMILES string of the molecule is CNC(=O)c1cccc(C)c1Nc1nc(Nc2ccc(NC(=O)C34CC5CC(C3)C(N3CCC(NC(C)=O)C3)C(C5)C4)cc2OC)ncc1C(F)(F)F. The number of nitrogens with zero attached hydrogens (tertiary/aromatic N) is 3. The lowest BCUT2D eigenvalue weighted by Gasteiger charge is -2.61. The smallest absolute Gasteiger partial charge is 0.421 e. The fraction of sp³-hybridized carbons (Fsp3) is 0.500. The maximum absolute atomic E-state index is 14.1. The summed E-state index contributed by atoms with van der Waals surface area (Å²) in [5, 5.41) is 14.4. The lowest BCUT2D eigenvalue weighted by atomic mass is 9.47. The van der Waals surface area contributed by atoms with Gasteiger partial charge in [0.1, 0.15) is 17.1 Å². The van der Waals surface area contributed by atoms with Gasteiger partial charge < -0.3 is 31.3 Å². The van der Waals surface area contributed by atoms with Gasteiger partial charge in [0.2, 0.25) is 17.8 Å².